The molecule has 0 spiro atoms. The largest absolute Gasteiger partial charge is 0.343 e. The van der Waals surface area contributed by atoms with Gasteiger partial charge in [0, 0.05) is 16.7 Å². The maximum Gasteiger partial charge on any atom is 0.262 e. The molecule has 5 nitrogen and oxygen atoms in total. The maximum atomic E-state index is 11.7. The van der Waals surface area contributed by atoms with Crippen molar-refractivity contribution in [2.24, 2.45) is 0 Å². The molecule has 110 valence electrons. The summed E-state index contributed by atoms with van der Waals surface area (Å²) in [6, 6.07) is 16.3. The molecule has 0 radical (unpaired) electrons. The third-order valence-electron chi connectivity index (χ3n) is 2.81. The maximum absolute atomic E-state index is 11.7. The van der Waals surface area contributed by atoms with E-state index >= 15 is 0 Å². The lowest BCUT2D eigenvalue weighted by Gasteiger charge is -2.03. The van der Waals surface area contributed by atoms with Crippen molar-refractivity contribution in [2.45, 2.75) is 0 Å². The first-order chi connectivity index (χ1) is 10.7. The first kappa shape index (κ1) is 15.3. The molecular formula is C17H14N2O3. The number of hydrogen-bond donors (Lipinski definition) is 3. The zero-order chi connectivity index (χ0) is 15.8. The zero-order valence-corrected chi connectivity index (χ0v) is 11.7. The zero-order valence-electron chi connectivity index (χ0n) is 11.7. The van der Waals surface area contributed by atoms with Crippen LogP contribution in [0.4, 0.5) is 0 Å². The van der Waals surface area contributed by atoms with Crippen LogP contribution < -0.4 is 10.8 Å². The number of hydrogen-bond acceptors (Lipinski definition) is 3. The lowest BCUT2D eigenvalue weighted by Crippen LogP contribution is -2.35. The summed E-state index contributed by atoms with van der Waals surface area (Å²) >= 11 is 0. The number of carbonyl (C=O) groups excluding carboxylic acids is 2. The standard InChI is InChI=1S/C17H14N2O3/c20-16(19-22)12-18-17(21)15-10-8-14(9-11-15)7-6-13-4-2-1-3-5-13/h1-5,8-11,22H,12H2,(H,18,21)(H,19,20). The van der Waals surface area contributed by atoms with Gasteiger partial charge in [-0.25, -0.2) is 5.48 Å². The van der Waals surface area contributed by atoms with Crippen LogP contribution in [0.3, 0.4) is 0 Å². The molecule has 0 heterocycles. The molecule has 0 aliphatic heterocycles. The molecule has 0 atom stereocenters. The second-order valence-corrected chi connectivity index (χ2v) is 4.41. The van der Waals surface area contributed by atoms with Gasteiger partial charge in [-0.1, -0.05) is 30.0 Å². The monoisotopic (exact) mass is 294 g/mol. The summed E-state index contributed by atoms with van der Waals surface area (Å²) in [7, 11) is 0. The van der Waals surface area contributed by atoms with E-state index < -0.39 is 11.8 Å². The van der Waals surface area contributed by atoms with E-state index in [2.05, 4.69) is 17.2 Å². The van der Waals surface area contributed by atoms with Crippen LogP contribution in [-0.4, -0.2) is 23.6 Å². The molecule has 0 aliphatic rings. The van der Waals surface area contributed by atoms with Crippen LogP contribution in [0.2, 0.25) is 0 Å². The number of nitrogens with one attached hydrogen (secondary N) is 2. The van der Waals surface area contributed by atoms with E-state index in [1.54, 1.807) is 24.3 Å². The number of carbonyl (C=O) groups is 2. The van der Waals surface area contributed by atoms with Crippen molar-refractivity contribution in [3.05, 3.63) is 71.3 Å². The highest BCUT2D eigenvalue weighted by atomic mass is 16.5. The van der Waals surface area contributed by atoms with Gasteiger partial charge in [-0.05, 0) is 36.4 Å². The SMILES string of the molecule is O=C(CNC(=O)c1ccc(C#Cc2ccccc2)cc1)NO. The van der Waals surface area contributed by atoms with E-state index in [4.69, 9.17) is 5.21 Å². The average molecular weight is 294 g/mol. The minimum atomic E-state index is -0.682. The van der Waals surface area contributed by atoms with Crippen LogP contribution in [0.25, 0.3) is 0 Å². The Labute approximate surface area is 127 Å². The Kier molecular flexibility index (Phi) is 5.30. The highest BCUT2D eigenvalue weighted by Gasteiger charge is 2.06. The van der Waals surface area contributed by atoms with Crippen LogP contribution in [-0.2, 0) is 4.79 Å². The fraction of sp³-hybridized carbons (Fsp3) is 0.0588. The Balaban J connectivity index is 2.00. The van der Waals surface area contributed by atoms with Gasteiger partial charge in [0.15, 0.2) is 0 Å². The predicted molar refractivity (Wildman–Crippen MR) is 81.1 cm³/mol. The summed E-state index contributed by atoms with van der Waals surface area (Å²) in [6.45, 7) is -0.287. The smallest absolute Gasteiger partial charge is 0.262 e. The lowest BCUT2D eigenvalue weighted by atomic mass is 10.1. The van der Waals surface area contributed by atoms with Crippen molar-refractivity contribution in [3.8, 4) is 11.8 Å². The molecule has 0 unspecified atom stereocenters. The summed E-state index contributed by atoms with van der Waals surface area (Å²) in [5.41, 5.74) is 3.56. The molecule has 3 N–H and O–H groups in total. The summed E-state index contributed by atoms with van der Waals surface area (Å²) in [5, 5.41) is 10.7. The Morgan fingerprint density at radius 3 is 2.09 bits per heavy atom. The van der Waals surface area contributed by atoms with Gasteiger partial charge < -0.3 is 5.32 Å². The van der Waals surface area contributed by atoms with Gasteiger partial charge in [0.2, 0.25) is 0 Å². The molecule has 2 aromatic rings. The summed E-state index contributed by atoms with van der Waals surface area (Å²) in [5.74, 6) is 4.95. The number of hydroxylamine groups is 1. The molecule has 5 heteroatoms. The second kappa shape index (κ2) is 7.62. The van der Waals surface area contributed by atoms with Crippen LogP contribution in [0.5, 0.6) is 0 Å². The van der Waals surface area contributed by atoms with Crippen LogP contribution in [0, 0.1) is 11.8 Å². The van der Waals surface area contributed by atoms with Gasteiger partial charge in [0.1, 0.15) is 0 Å². The minimum Gasteiger partial charge on any atom is -0.343 e. The van der Waals surface area contributed by atoms with Crippen molar-refractivity contribution in [1.29, 1.82) is 0 Å². The third-order valence-corrected chi connectivity index (χ3v) is 2.81. The van der Waals surface area contributed by atoms with Crippen LogP contribution in [0.15, 0.2) is 54.6 Å². The van der Waals surface area contributed by atoms with Crippen molar-refractivity contribution < 1.29 is 14.8 Å². The molecule has 0 aliphatic carbocycles. The third kappa shape index (κ3) is 4.47. The summed E-state index contributed by atoms with van der Waals surface area (Å²) in [6.07, 6.45) is 0. The molecule has 22 heavy (non-hydrogen) atoms. The highest BCUT2D eigenvalue weighted by Crippen LogP contribution is 2.04. The van der Waals surface area contributed by atoms with Gasteiger partial charge in [0.05, 0.1) is 6.54 Å². The Morgan fingerprint density at radius 2 is 1.50 bits per heavy atom. The molecule has 0 saturated heterocycles. The van der Waals surface area contributed by atoms with Crippen molar-refractivity contribution >= 4 is 11.8 Å². The van der Waals surface area contributed by atoms with Crippen LogP contribution >= 0.6 is 0 Å². The molecule has 2 aromatic carbocycles. The van der Waals surface area contributed by atoms with Gasteiger partial charge in [-0.3, -0.25) is 14.8 Å². The number of benzene rings is 2. The highest BCUT2D eigenvalue weighted by molar-refractivity contribution is 5.96. The van der Waals surface area contributed by atoms with E-state index in [9.17, 15) is 9.59 Å². The molecule has 2 amide bonds. The van der Waals surface area contributed by atoms with Crippen molar-refractivity contribution in [1.82, 2.24) is 10.8 Å². The van der Waals surface area contributed by atoms with Crippen molar-refractivity contribution in [3.63, 3.8) is 0 Å². The van der Waals surface area contributed by atoms with E-state index in [0.29, 0.717) is 5.56 Å². The van der Waals surface area contributed by atoms with E-state index in [-0.39, 0.29) is 6.54 Å². The summed E-state index contributed by atoms with van der Waals surface area (Å²) < 4.78 is 0. The minimum absolute atomic E-state index is 0.287. The second-order valence-electron chi connectivity index (χ2n) is 4.41. The van der Waals surface area contributed by atoms with Gasteiger partial charge in [0.25, 0.3) is 11.8 Å². The van der Waals surface area contributed by atoms with Gasteiger partial charge in [-0.2, -0.15) is 0 Å². The Bertz CT molecular complexity index is 713. The first-order valence-electron chi connectivity index (χ1n) is 6.57. The quantitative estimate of drug-likeness (QED) is 0.454. The fourth-order valence-electron chi connectivity index (χ4n) is 1.67. The van der Waals surface area contributed by atoms with E-state index in [0.717, 1.165) is 11.1 Å². The van der Waals surface area contributed by atoms with Crippen LogP contribution in [0.1, 0.15) is 21.5 Å². The van der Waals surface area contributed by atoms with Crippen molar-refractivity contribution in [2.75, 3.05) is 6.54 Å². The topological polar surface area (TPSA) is 78.4 Å². The molecule has 0 aromatic heterocycles. The molecule has 0 saturated carbocycles. The normalized spacial score (nSPS) is 9.32. The fourth-order valence-corrected chi connectivity index (χ4v) is 1.67. The molecule has 0 fully saturated rings. The average Bonchev–Trinajstić information content (AvgIpc) is 2.59. The number of rotatable bonds is 3. The first-order valence-corrected chi connectivity index (χ1v) is 6.57. The Hall–Kier alpha value is -3.10. The molecule has 0 bridgehead atoms. The van der Waals surface area contributed by atoms with E-state index in [1.807, 2.05) is 30.3 Å². The predicted octanol–water partition coefficient (Wildman–Crippen LogP) is 1.32. The molecular weight excluding hydrogens is 280 g/mol. The van der Waals surface area contributed by atoms with Gasteiger partial charge in [-0.15, -0.1) is 0 Å². The lowest BCUT2D eigenvalue weighted by molar-refractivity contribution is -0.128. The Morgan fingerprint density at radius 1 is 0.909 bits per heavy atom. The number of amides is 2. The molecule has 2 rings (SSSR count). The van der Waals surface area contributed by atoms with Gasteiger partial charge >= 0.3 is 0 Å². The van der Waals surface area contributed by atoms with E-state index in [1.165, 1.54) is 5.48 Å². The summed E-state index contributed by atoms with van der Waals surface area (Å²) in [4.78, 5) is 22.6.